The topological polar surface area (TPSA) is 37.2 Å². The van der Waals surface area contributed by atoms with E-state index in [1.165, 1.54) is 10.8 Å². The maximum atomic E-state index is 8.47. The minimum Gasteiger partial charge on any atom is -0.456 e. The van der Waals surface area contributed by atoms with E-state index in [-0.39, 0.29) is 11.1 Å². The largest absolute Gasteiger partial charge is 0.456 e. The van der Waals surface area contributed by atoms with Crippen molar-refractivity contribution in [2.24, 2.45) is 0 Å². The molecule has 0 radical (unpaired) electrons. The number of aromatic nitrogens is 1. The van der Waals surface area contributed by atoms with E-state index in [2.05, 4.69) is 154 Å². The summed E-state index contributed by atoms with van der Waals surface area (Å²) in [6.45, 7) is -0.737. The summed E-state index contributed by atoms with van der Waals surface area (Å²) < 4.78 is 67.2. The van der Waals surface area contributed by atoms with Crippen molar-refractivity contribution in [3.05, 3.63) is 235 Å². The van der Waals surface area contributed by atoms with Crippen molar-refractivity contribution < 1.29 is 17.1 Å². The summed E-state index contributed by atoms with van der Waals surface area (Å²) in [5.41, 5.74) is 14.7. The molecule has 76 heavy (non-hydrogen) atoms. The lowest BCUT2D eigenvalue weighted by molar-refractivity contribution is 0.668. The van der Waals surface area contributed by atoms with Crippen LogP contribution in [0.15, 0.2) is 221 Å². The third-order valence-corrected chi connectivity index (χ3v) is 16.6. The molecule has 0 bridgehead atoms. The molecule has 0 unspecified atom stereocenters. The van der Waals surface area contributed by atoms with Gasteiger partial charge in [0.2, 0.25) is 0 Å². The molecule has 6 heteroatoms. The first-order chi connectivity index (χ1) is 39.7. The molecule has 0 N–H and O–H groups in total. The Labute approximate surface area is 450 Å². The molecule has 360 valence electrons. The molecule has 0 saturated carbocycles. The predicted octanol–water partition coefficient (Wildman–Crippen LogP) is 20.8. The van der Waals surface area contributed by atoms with Crippen molar-refractivity contribution in [1.82, 2.24) is 4.40 Å². The molecular formula is C70H47N3O2S. The second-order valence-electron chi connectivity index (χ2n) is 20.3. The highest BCUT2D eigenvalue weighted by Crippen LogP contribution is 2.51. The number of para-hydroxylation sites is 2. The quantitative estimate of drug-likeness (QED) is 0.159. The van der Waals surface area contributed by atoms with Crippen LogP contribution in [0.3, 0.4) is 0 Å². The molecule has 0 spiro atoms. The Balaban J connectivity index is 0.921. The Morgan fingerprint density at radius 1 is 0.368 bits per heavy atom. The van der Waals surface area contributed by atoms with Gasteiger partial charge < -0.3 is 18.6 Å². The van der Waals surface area contributed by atoms with Gasteiger partial charge in [0.25, 0.3) is 0 Å². The zero-order valence-corrected chi connectivity index (χ0v) is 42.1. The normalized spacial score (nSPS) is 13.7. The van der Waals surface area contributed by atoms with Gasteiger partial charge in [0.1, 0.15) is 27.2 Å². The lowest BCUT2D eigenvalue weighted by atomic mass is 9.98. The van der Waals surface area contributed by atoms with Gasteiger partial charge in [0.05, 0.1) is 11.0 Å². The first-order valence-corrected chi connectivity index (χ1v) is 26.4. The van der Waals surface area contributed by atoms with Crippen molar-refractivity contribution in [3.8, 4) is 11.1 Å². The number of aryl methyl sites for hydroxylation is 4. The predicted molar refractivity (Wildman–Crippen MR) is 322 cm³/mol. The second-order valence-corrected chi connectivity index (χ2v) is 21.3. The van der Waals surface area contributed by atoms with Gasteiger partial charge in [-0.25, -0.2) is 0 Å². The summed E-state index contributed by atoms with van der Waals surface area (Å²) in [5.74, 6) is 0. The van der Waals surface area contributed by atoms with Gasteiger partial charge in [-0.05, 0) is 163 Å². The summed E-state index contributed by atoms with van der Waals surface area (Å²) in [6, 6.07) is 72.6. The summed E-state index contributed by atoms with van der Waals surface area (Å²) in [5, 5.41) is 12.0. The highest BCUT2D eigenvalue weighted by atomic mass is 32.1. The minimum absolute atomic E-state index is 0.273. The van der Waals surface area contributed by atoms with Gasteiger partial charge in [-0.15, -0.1) is 11.3 Å². The van der Waals surface area contributed by atoms with Gasteiger partial charge in [0.15, 0.2) is 0 Å². The molecule has 11 aromatic carbocycles. The fraction of sp³-hybridized carbons (Fsp3) is 0.0571. The summed E-state index contributed by atoms with van der Waals surface area (Å²) in [4.78, 5) is 5.40. The maximum absolute atomic E-state index is 8.47. The second kappa shape index (κ2) is 16.1. The number of thiophene rings is 1. The van der Waals surface area contributed by atoms with E-state index in [1.807, 2.05) is 62.4 Å². The molecule has 0 aliphatic carbocycles. The molecule has 0 atom stereocenters. The zero-order valence-electron chi connectivity index (χ0n) is 47.3. The number of hydrogen-bond donors (Lipinski definition) is 0. The highest BCUT2D eigenvalue weighted by Gasteiger charge is 2.26. The van der Waals surface area contributed by atoms with Crippen LogP contribution in [0.1, 0.15) is 30.5 Å². The Morgan fingerprint density at radius 2 is 0.868 bits per heavy atom. The minimum atomic E-state index is -2.31. The fourth-order valence-corrected chi connectivity index (χ4v) is 13.6. The van der Waals surface area contributed by atoms with Crippen LogP contribution in [0, 0.1) is 27.6 Å². The van der Waals surface area contributed by atoms with Gasteiger partial charge in [-0.1, -0.05) is 103 Å². The Bertz CT molecular complexity index is 5320. The molecule has 0 amide bonds. The standard InChI is InChI=1S/C70H47N3O2S/c1-40-28-41(2)31-51(30-40)71(48-20-25-56-54-14-8-10-16-62(54)74-64(56)37-48)47-19-24-53-45(34-47)18-23-58-60-35-46(44-12-6-5-7-13-44)36-61-67-59-27-22-50(39-66(59)76-70(67)73(68(53)58)69(60)61)72(52-32-42(3)29-43(4)33-52)49-21-26-57-55-15-9-11-17-63(55)75-65(57)38-49/h5-39H,1-4H3/i1D3,3D3. The smallest absolute Gasteiger partial charge is 0.137 e. The SMILES string of the molecule is [2H]C([2H])([2H])c1cc(C)cc(N(c2ccc3c(ccc4c5cc(-c6ccccc6)cc6c7c8ccc(N(c9cc(C)cc(C([2H])([2H])[2H])c9)c9ccc%10c(c9)oc9ccccc9%10)cc8sc7n(c34)c56)c2)c2ccc3c(c2)oc2ccccc23)c1. The van der Waals surface area contributed by atoms with E-state index in [0.29, 0.717) is 0 Å². The van der Waals surface area contributed by atoms with Crippen LogP contribution >= 0.6 is 11.3 Å². The number of hydrogen-bond acceptors (Lipinski definition) is 5. The number of furan rings is 2. The van der Waals surface area contributed by atoms with Crippen molar-refractivity contribution in [3.63, 3.8) is 0 Å². The van der Waals surface area contributed by atoms with Crippen LogP contribution < -0.4 is 9.80 Å². The average Bonchev–Trinajstić information content (AvgIpc) is 4.37. The Kier molecular flexibility index (Phi) is 7.90. The molecule has 0 aliphatic rings. The summed E-state index contributed by atoms with van der Waals surface area (Å²) in [6.07, 6.45) is 0. The molecule has 0 saturated heterocycles. The zero-order chi connectivity index (χ0) is 55.5. The number of rotatable bonds is 7. The number of fused-ring (bicyclic) bond motifs is 16. The van der Waals surface area contributed by atoms with E-state index in [4.69, 9.17) is 17.1 Å². The maximum Gasteiger partial charge on any atom is 0.137 e. The molecule has 5 heterocycles. The highest BCUT2D eigenvalue weighted by molar-refractivity contribution is 7.25. The third-order valence-electron chi connectivity index (χ3n) is 15.5. The van der Waals surface area contributed by atoms with Gasteiger partial charge in [0, 0.05) is 113 Å². The average molecular weight is 1000 g/mol. The van der Waals surface area contributed by atoms with Gasteiger partial charge in [-0.3, -0.25) is 4.40 Å². The van der Waals surface area contributed by atoms with Crippen molar-refractivity contribution >= 4 is 148 Å². The number of nitrogens with zero attached hydrogens (tertiary/aromatic N) is 3. The molecule has 0 aliphatic heterocycles. The van der Waals surface area contributed by atoms with E-state index in [0.717, 1.165) is 148 Å². The Morgan fingerprint density at radius 3 is 1.50 bits per heavy atom. The summed E-state index contributed by atoms with van der Waals surface area (Å²) >= 11 is 1.76. The molecule has 5 aromatic heterocycles. The van der Waals surface area contributed by atoms with E-state index in [9.17, 15) is 0 Å². The third kappa shape index (κ3) is 6.44. The van der Waals surface area contributed by atoms with Crippen LogP contribution in [-0.2, 0) is 0 Å². The molecule has 0 fully saturated rings. The first kappa shape index (κ1) is 37.4. The van der Waals surface area contributed by atoms with Crippen LogP contribution in [0.4, 0.5) is 34.1 Å². The summed E-state index contributed by atoms with van der Waals surface area (Å²) in [7, 11) is 0. The van der Waals surface area contributed by atoms with Crippen LogP contribution in [0.2, 0.25) is 0 Å². The van der Waals surface area contributed by atoms with Crippen LogP contribution in [0.25, 0.3) is 113 Å². The lowest BCUT2D eigenvalue weighted by Crippen LogP contribution is -2.10. The first-order valence-electron chi connectivity index (χ1n) is 28.5. The lowest BCUT2D eigenvalue weighted by Gasteiger charge is -2.26. The van der Waals surface area contributed by atoms with E-state index in [1.54, 1.807) is 35.6 Å². The van der Waals surface area contributed by atoms with Crippen molar-refractivity contribution in [2.75, 3.05) is 9.80 Å². The molecule has 16 rings (SSSR count). The van der Waals surface area contributed by atoms with Crippen molar-refractivity contribution in [2.45, 2.75) is 27.6 Å². The van der Waals surface area contributed by atoms with Crippen LogP contribution in [0.5, 0.6) is 0 Å². The monoisotopic (exact) mass is 999 g/mol. The van der Waals surface area contributed by atoms with Crippen LogP contribution in [-0.4, -0.2) is 4.40 Å². The van der Waals surface area contributed by atoms with E-state index >= 15 is 0 Å². The number of benzene rings is 11. The van der Waals surface area contributed by atoms with E-state index < -0.39 is 13.7 Å². The van der Waals surface area contributed by atoms with Gasteiger partial charge in [-0.2, -0.15) is 0 Å². The van der Waals surface area contributed by atoms with Crippen molar-refractivity contribution in [1.29, 1.82) is 0 Å². The fourth-order valence-electron chi connectivity index (χ4n) is 12.3. The Hall–Kier alpha value is -9.36. The molecule has 16 aromatic rings. The molecule has 5 nitrogen and oxygen atoms in total. The number of anilines is 6. The van der Waals surface area contributed by atoms with Gasteiger partial charge >= 0.3 is 0 Å². The molecular weight excluding hydrogens is 947 g/mol.